The zero-order chi connectivity index (χ0) is 11.4. The zero-order valence-corrected chi connectivity index (χ0v) is 9.80. The molecule has 4 nitrogen and oxygen atoms in total. The maximum absolute atomic E-state index is 11.9. The van der Waals surface area contributed by atoms with Gasteiger partial charge < -0.3 is 9.47 Å². The fraction of sp³-hybridized carbons (Fsp3) is 0.667. The minimum atomic E-state index is 0.278. The Bertz CT molecular complexity index is 334. The van der Waals surface area contributed by atoms with E-state index >= 15 is 0 Å². The van der Waals surface area contributed by atoms with E-state index < -0.39 is 0 Å². The van der Waals surface area contributed by atoms with Gasteiger partial charge in [0.15, 0.2) is 0 Å². The molecule has 0 aliphatic carbocycles. The number of aromatic nitrogens is 2. The number of aryl methyl sites for hydroxylation is 1. The minimum absolute atomic E-state index is 0.278. The molecular weight excluding hydrogens is 202 g/mol. The molecule has 1 fully saturated rings. The SMILES string of the molecule is C[C@@H]1CCCN(C(=O)CCn2ccnc2)C1. The van der Waals surface area contributed by atoms with Gasteiger partial charge in [0.25, 0.3) is 0 Å². The predicted octanol–water partition coefficient (Wildman–Crippen LogP) is 1.53. The third-order valence-corrected chi connectivity index (χ3v) is 3.15. The van der Waals surface area contributed by atoms with E-state index in [0.29, 0.717) is 12.3 Å². The second-order valence-corrected chi connectivity index (χ2v) is 4.64. The van der Waals surface area contributed by atoms with Crippen molar-refractivity contribution in [2.45, 2.75) is 32.7 Å². The van der Waals surface area contributed by atoms with Crippen LogP contribution in [-0.2, 0) is 11.3 Å². The van der Waals surface area contributed by atoms with Gasteiger partial charge in [0, 0.05) is 38.4 Å². The summed E-state index contributed by atoms with van der Waals surface area (Å²) in [6.45, 7) is 4.83. The lowest BCUT2D eigenvalue weighted by atomic mass is 10.00. The lowest BCUT2D eigenvalue weighted by molar-refractivity contribution is -0.133. The van der Waals surface area contributed by atoms with Crippen LogP contribution in [0.1, 0.15) is 26.2 Å². The summed E-state index contributed by atoms with van der Waals surface area (Å²) in [5, 5.41) is 0. The van der Waals surface area contributed by atoms with Gasteiger partial charge in [0.2, 0.25) is 5.91 Å². The van der Waals surface area contributed by atoms with Crippen molar-refractivity contribution < 1.29 is 4.79 Å². The van der Waals surface area contributed by atoms with E-state index in [0.717, 1.165) is 26.1 Å². The first-order chi connectivity index (χ1) is 7.75. The van der Waals surface area contributed by atoms with Gasteiger partial charge in [-0.25, -0.2) is 4.98 Å². The van der Waals surface area contributed by atoms with Crippen LogP contribution in [0.25, 0.3) is 0 Å². The van der Waals surface area contributed by atoms with Crippen LogP contribution < -0.4 is 0 Å². The first kappa shape index (κ1) is 11.2. The molecule has 0 unspecified atom stereocenters. The summed E-state index contributed by atoms with van der Waals surface area (Å²) >= 11 is 0. The number of hydrogen-bond acceptors (Lipinski definition) is 2. The third-order valence-electron chi connectivity index (χ3n) is 3.15. The van der Waals surface area contributed by atoms with Crippen molar-refractivity contribution >= 4 is 5.91 Å². The van der Waals surface area contributed by atoms with Crippen LogP contribution >= 0.6 is 0 Å². The van der Waals surface area contributed by atoms with E-state index in [9.17, 15) is 4.79 Å². The van der Waals surface area contributed by atoms with Gasteiger partial charge in [0.05, 0.1) is 6.33 Å². The smallest absolute Gasteiger partial charge is 0.224 e. The van der Waals surface area contributed by atoms with Crippen molar-refractivity contribution in [2.75, 3.05) is 13.1 Å². The van der Waals surface area contributed by atoms with Gasteiger partial charge >= 0.3 is 0 Å². The number of carbonyl (C=O) groups excluding carboxylic acids is 1. The Kier molecular flexibility index (Phi) is 3.59. The monoisotopic (exact) mass is 221 g/mol. The van der Waals surface area contributed by atoms with Crippen LogP contribution in [0.4, 0.5) is 0 Å². The summed E-state index contributed by atoms with van der Waals surface area (Å²) in [4.78, 5) is 17.9. The molecule has 0 N–H and O–H groups in total. The van der Waals surface area contributed by atoms with Crippen LogP contribution in [0.15, 0.2) is 18.7 Å². The fourth-order valence-electron chi connectivity index (χ4n) is 2.22. The Balaban J connectivity index is 1.79. The summed E-state index contributed by atoms with van der Waals surface area (Å²) in [6, 6.07) is 0. The standard InChI is InChI=1S/C12H19N3O/c1-11-3-2-6-15(9-11)12(16)4-7-14-8-5-13-10-14/h5,8,10-11H,2-4,6-7,9H2,1H3/t11-/m1/s1. The molecule has 0 aromatic carbocycles. The number of carbonyl (C=O) groups is 1. The average molecular weight is 221 g/mol. The van der Waals surface area contributed by atoms with Gasteiger partial charge in [-0.1, -0.05) is 6.92 Å². The number of nitrogens with zero attached hydrogens (tertiary/aromatic N) is 3. The molecule has 0 bridgehead atoms. The fourth-order valence-corrected chi connectivity index (χ4v) is 2.22. The van der Waals surface area contributed by atoms with E-state index in [1.165, 1.54) is 6.42 Å². The lowest BCUT2D eigenvalue weighted by Crippen LogP contribution is -2.39. The molecule has 0 spiro atoms. The van der Waals surface area contributed by atoms with Crippen molar-refractivity contribution in [1.82, 2.24) is 14.5 Å². The molecule has 1 atom stereocenters. The van der Waals surface area contributed by atoms with E-state index in [2.05, 4.69) is 11.9 Å². The van der Waals surface area contributed by atoms with E-state index in [1.807, 2.05) is 15.7 Å². The maximum atomic E-state index is 11.9. The highest BCUT2D eigenvalue weighted by molar-refractivity contribution is 5.76. The van der Waals surface area contributed by atoms with Crippen LogP contribution in [0.2, 0.25) is 0 Å². The largest absolute Gasteiger partial charge is 0.342 e. The van der Waals surface area contributed by atoms with Crippen molar-refractivity contribution in [3.8, 4) is 0 Å². The van der Waals surface area contributed by atoms with Gasteiger partial charge in [-0.05, 0) is 18.8 Å². The lowest BCUT2D eigenvalue weighted by Gasteiger charge is -2.31. The highest BCUT2D eigenvalue weighted by Gasteiger charge is 2.20. The molecule has 1 aromatic rings. The van der Waals surface area contributed by atoms with E-state index in [1.54, 1.807) is 12.5 Å². The van der Waals surface area contributed by atoms with Gasteiger partial charge in [-0.2, -0.15) is 0 Å². The topological polar surface area (TPSA) is 38.1 Å². The summed E-state index contributed by atoms with van der Waals surface area (Å²) < 4.78 is 1.95. The molecule has 88 valence electrons. The first-order valence-electron chi connectivity index (χ1n) is 5.99. The summed E-state index contributed by atoms with van der Waals surface area (Å²) in [5.41, 5.74) is 0. The molecule has 0 saturated carbocycles. The van der Waals surface area contributed by atoms with Crippen molar-refractivity contribution in [3.05, 3.63) is 18.7 Å². The average Bonchev–Trinajstić information content (AvgIpc) is 2.78. The van der Waals surface area contributed by atoms with Gasteiger partial charge in [-0.3, -0.25) is 4.79 Å². The number of hydrogen-bond donors (Lipinski definition) is 0. The summed E-state index contributed by atoms with van der Waals surface area (Å²) in [6.07, 6.45) is 8.39. The van der Waals surface area contributed by atoms with Crippen LogP contribution in [0, 0.1) is 5.92 Å². The zero-order valence-electron chi connectivity index (χ0n) is 9.80. The molecular formula is C12H19N3O. The Labute approximate surface area is 96.3 Å². The second-order valence-electron chi connectivity index (χ2n) is 4.64. The van der Waals surface area contributed by atoms with Crippen LogP contribution in [0.5, 0.6) is 0 Å². The van der Waals surface area contributed by atoms with Crippen LogP contribution in [-0.4, -0.2) is 33.4 Å². The van der Waals surface area contributed by atoms with E-state index in [4.69, 9.17) is 0 Å². The van der Waals surface area contributed by atoms with Crippen LogP contribution in [0.3, 0.4) is 0 Å². The second kappa shape index (κ2) is 5.14. The Morgan fingerprint density at radius 3 is 3.12 bits per heavy atom. The molecule has 1 amide bonds. The Hall–Kier alpha value is -1.32. The molecule has 1 saturated heterocycles. The Morgan fingerprint density at radius 2 is 2.44 bits per heavy atom. The van der Waals surface area contributed by atoms with Crippen molar-refractivity contribution in [3.63, 3.8) is 0 Å². The minimum Gasteiger partial charge on any atom is -0.342 e. The number of imidazole rings is 1. The molecule has 4 heteroatoms. The molecule has 2 rings (SSSR count). The predicted molar refractivity (Wildman–Crippen MR) is 61.8 cm³/mol. The molecule has 1 aliphatic heterocycles. The van der Waals surface area contributed by atoms with Gasteiger partial charge in [-0.15, -0.1) is 0 Å². The van der Waals surface area contributed by atoms with E-state index in [-0.39, 0.29) is 5.91 Å². The highest BCUT2D eigenvalue weighted by atomic mass is 16.2. The maximum Gasteiger partial charge on any atom is 0.224 e. The number of piperidine rings is 1. The van der Waals surface area contributed by atoms with Gasteiger partial charge in [0.1, 0.15) is 0 Å². The number of amides is 1. The third kappa shape index (κ3) is 2.84. The Morgan fingerprint density at radius 1 is 1.56 bits per heavy atom. The molecule has 2 heterocycles. The van der Waals surface area contributed by atoms with Crippen molar-refractivity contribution in [1.29, 1.82) is 0 Å². The molecule has 1 aliphatic rings. The highest BCUT2D eigenvalue weighted by Crippen LogP contribution is 2.16. The van der Waals surface area contributed by atoms with Crippen molar-refractivity contribution in [2.24, 2.45) is 5.92 Å². The molecule has 0 radical (unpaired) electrons. The molecule has 1 aromatic heterocycles. The number of rotatable bonds is 3. The summed E-state index contributed by atoms with van der Waals surface area (Å²) in [7, 11) is 0. The number of likely N-dealkylation sites (tertiary alicyclic amines) is 1. The quantitative estimate of drug-likeness (QED) is 0.776. The summed E-state index contributed by atoms with van der Waals surface area (Å²) in [5.74, 6) is 0.936. The molecule has 16 heavy (non-hydrogen) atoms. The normalized spacial score (nSPS) is 21.1. The first-order valence-corrected chi connectivity index (χ1v) is 5.99.